The fourth-order valence-corrected chi connectivity index (χ4v) is 1.02. The standard InChI is InChI=1S/C11H14O3/c1-9(13)5-6-14-11-4-2-3-10(7-11)8-12/h2-4,7-9,13H,5-6H2,1H3. The van der Waals surface area contributed by atoms with Gasteiger partial charge in [-0.15, -0.1) is 0 Å². The lowest BCUT2D eigenvalue weighted by Gasteiger charge is -2.07. The molecule has 0 aromatic heterocycles. The van der Waals surface area contributed by atoms with E-state index in [1.165, 1.54) is 0 Å². The normalized spacial score (nSPS) is 12.1. The molecule has 0 saturated heterocycles. The highest BCUT2D eigenvalue weighted by molar-refractivity contribution is 5.75. The average molecular weight is 194 g/mol. The maximum absolute atomic E-state index is 10.4. The van der Waals surface area contributed by atoms with Gasteiger partial charge in [0.25, 0.3) is 0 Å². The van der Waals surface area contributed by atoms with Crippen LogP contribution in [0.4, 0.5) is 0 Å². The summed E-state index contributed by atoms with van der Waals surface area (Å²) in [7, 11) is 0. The highest BCUT2D eigenvalue weighted by Gasteiger charge is 1.98. The summed E-state index contributed by atoms with van der Waals surface area (Å²) < 4.78 is 5.34. The molecule has 14 heavy (non-hydrogen) atoms. The van der Waals surface area contributed by atoms with Crippen molar-refractivity contribution in [3.05, 3.63) is 29.8 Å². The van der Waals surface area contributed by atoms with Crippen LogP contribution in [-0.2, 0) is 0 Å². The molecule has 0 aliphatic carbocycles. The van der Waals surface area contributed by atoms with Crippen LogP contribution in [0.5, 0.6) is 5.75 Å². The van der Waals surface area contributed by atoms with Crippen molar-refractivity contribution in [2.24, 2.45) is 0 Å². The van der Waals surface area contributed by atoms with E-state index < -0.39 is 0 Å². The van der Waals surface area contributed by atoms with Gasteiger partial charge in [-0.2, -0.15) is 0 Å². The maximum atomic E-state index is 10.4. The van der Waals surface area contributed by atoms with E-state index in [0.717, 1.165) is 6.29 Å². The lowest BCUT2D eigenvalue weighted by atomic mass is 10.2. The van der Waals surface area contributed by atoms with Crippen LogP contribution in [0.25, 0.3) is 0 Å². The van der Waals surface area contributed by atoms with Gasteiger partial charge in [0.2, 0.25) is 0 Å². The molecule has 3 nitrogen and oxygen atoms in total. The summed E-state index contributed by atoms with van der Waals surface area (Å²) in [6.07, 6.45) is 1.01. The van der Waals surface area contributed by atoms with Crippen LogP contribution in [-0.4, -0.2) is 24.1 Å². The number of aliphatic hydroxyl groups is 1. The van der Waals surface area contributed by atoms with Gasteiger partial charge in [0.1, 0.15) is 12.0 Å². The van der Waals surface area contributed by atoms with Gasteiger partial charge < -0.3 is 9.84 Å². The van der Waals surface area contributed by atoms with Gasteiger partial charge in [-0.1, -0.05) is 12.1 Å². The van der Waals surface area contributed by atoms with Crippen LogP contribution >= 0.6 is 0 Å². The molecule has 0 amide bonds. The summed E-state index contributed by atoms with van der Waals surface area (Å²) in [6.45, 7) is 2.17. The second kappa shape index (κ2) is 5.40. The predicted octanol–water partition coefficient (Wildman–Crippen LogP) is 1.65. The Kier molecular flexibility index (Phi) is 4.13. The summed E-state index contributed by atoms with van der Waals surface area (Å²) >= 11 is 0. The zero-order valence-corrected chi connectivity index (χ0v) is 8.14. The Morgan fingerprint density at radius 1 is 1.57 bits per heavy atom. The van der Waals surface area contributed by atoms with E-state index in [0.29, 0.717) is 24.3 Å². The van der Waals surface area contributed by atoms with Crippen molar-refractivity contribution in [3.63, 3.8) is 0 Å². The molecular weight excluding hydrogens is 180 g/mol. The van der Waals surface area contributed by atoms with E-state index in [2.05, 4.69) is 0 Å². The first-order valence-corrected chi connectivity index (χ1v) is 4.58. The molecule has 0 saturated carbocycles. The second-order valence-electron chi connectivity index (χ2n) is 3.18. The number of hydrogen-bond acceptors (Lipinski definition) is 3. The number of rotatable bonds is 5. The van der Waals surface area contributed by atoms with E-state index in [4.69, 9.17) is 9.84 Å². The van der Waals surface area contributed by atoms with Crippen molar-refractivity contribution in [2.45, 2.75) is 19.4 Å². The number of benzene rings is 1. The molecule has 0 fully saturated rings. The summed E-state index contributed by atoms with van der Waals surface area (Å²) in [5.41, 5.74) is 0.597. The smallest absolute Gasteiger partial charge is 0.150 e. The van der Waals surface area contributed by atoms with Crippen molar-refractivity contribution in [2.75, 3.05) is 6.61 Å². The Hall–Kier alpha value is -1.35. The number of ether oxygens (including phenoxy) is 1. The molecule has 1 aromatic carbocycles. The largest absolute Gasteiger partial charge is 0.493 e. The third-order valence-corrected chi connectivity index (χ3v) is 1.80. The summed E-state index contributed by atoms with van der Waals surface area (Å²) in [6, 6.07) is 6.94. The minimum absolute atomic E-state index is 0.357. The van der Waals surface area contributed by atoms with Crippen LogP contribution in [0.3, 0.4) is 0 Å². The minimum atomic E-state index is -0.357. The summed E-state index contributed by atoms with van der Waals surface area (Å²) in [4.78, 5) is 10.4. The van der Waals surface area contributed by atoms with Crippen LogP contribution in [0.2, 0.25) is 0 Å². The Morgan fingerprint density at radius 3 is 3.00 bits per heavy atom. The number of aliphatic hydroxyl groups excluding tert-OH is 1. The van der Waals surface area contributed by atoms with Gasteiger partial charge in [0.05, 0.1) is 12.7 Å². The average Bonchev–Trinajstić information content (AvgIpc) is 2.18. The van der Waals surface area contributed by atoms with Gasteiger partial charge in [0, 0.05) is 12.0 Å². The van der Waals surface area contributed by atoms with E-state index in [1.54, 1.807) is 31.2 Å². The molecule has 1 aromatic rings. The highest BCUT2D eigenvalue weighted by atomic mass is 16.5. The van der Waals surface area contributed by atoms with Crippen molar-refractivity contribution in [3.8, 4) is 5.75 Å². The van der Waals surface area contributed by atoms with E-state index in [9.17, 15) is 4.79 Å². The molecule has 1 rings (SSSR count). The van der Waals surface area contributed by atoms with Crippen molar-refractivity contribution >= 4 is 6.29 Å². The van der Waals surface area contributed by atoms with E-state index >= 15 is 0 Å². The number of carbonyl (C=O) groups is 1. The highest BCUT2D eigenvalue weighted by Crippen LogP contribution is 2.12. The molecule has 0 radical (unpaired) electrons. The van der Waals surface area contributed by atoms with E-state index in [1.807, 2.05) is 0 Å². The van der Waals surface area contributed by atoms with Crippen LogP contribution in [0.15, 0.2) is 24.3 Å². The molecule has 1 unspecified atom stereocenters. The SMILES string of the molecule is CC(O)CCOc1cccc(C=O)c1. The fraction of sp³-hybridized carbons (Fsp3) is 0.364. The van der Waals surface area contributed by atoms with E-state index in [-0.39, 0.29) is 6.10 Å². The van der Waals surface area contributed by atoms with Crippen LogP contribution < -0.4 is 4.74 Å². The lowest BCUT2D eigenvalue weighted by Crippen LogP contribution is -2.07. The Bertz CT molecular complexity index is 294. The van der Waals surface area contributed by atoms with Gasteiger partial charge in [-0.25, -0.2) is 0 Å². The third kappa shape index (κ3) is 3.58. The minimum Gasteiger partial charge on any atom is -0.493 e. The van der Waals surface area contributed by atoms with Crippen molar-refractivity contribution in [1.82, 2.24) is 0 Å². The molecule has 0 bridgehead atoms. The number of aldehydes is 1. The first-order chi connectivity index (χ1) is 6.72. The Balaban J connectivity index is 2.46. The number of carbonyl (C=O) groups excluding carboxylic acids is 1. The molecule has 1 N–H and O–H groups in total. The molecular formula is C11H14O3. The Morgan fingerprint density at radius 2 is 2.36 bits per heavy atom. The third-order valence-electron chi connectivity index (χ3n) is 1.80. The Labute approximate surface area is 83.3 Å². The maximum Gasteiger partial charge on any atom is 0.150 e. The van der Waals surface area contributed by atoms with Gasteiger partial charge >= 0.3 is 0 Å². The number of hydrogen-bond donors (Lipinski definition) is 1. The second-order valence-corrected chi connectivity index (χ2v) is 3.18. The van der Waals surface area contributed by atoms with Crippen molar-refractivity contribution in [1.29, 1.82) is 0 Å². The zero-order chi connectivity index (χ0) is 10.4. The molecule has 0 aliphatic rings. The molecule has 0 spiro atoms. The monoisotopic (exact) mass is 194 g/mol. The van der Waals surface area contributed by atoms with Crippen LogP contribution in [0.1, 0.15) is 23.7 Å². The van der Waals surface area contributed by atoms with Crippen molar-refractivity contribution < 1.29 is 14.6 Å². The first-order valence-electron chi connectivity index (χ1n) is 4.58. The van der Waals surface area contributed by atoms with Gasteiger partial charge in [-0.05, 0) is 19.1 Å². The molecule has 0 heterocycles. The molecule has 0 aliphatic heterocycles. The quantitative estimate of drug-likeness (QED) is 0.725. The summed E-state index contributed by atoms with van der Waals surface area (Å²) in [5, 5.41) is 8.99. The van der Waals surface area contributed by atoms with Crippen LogP contribution in [0, 0.1) is 0 Å². The molecule has 76 valence electrons. The van der Waals surface area contributed by atoms with Gasteiger partial charge in [0.15, 0.2) is 0 Å². The fourth-order valence-electron chi connectivity index (χ4n) is 1.02. The predicted molar refractivity (Wildman–Crippen MR) is 53.6 cm³/mol. The summed E-state index contributed by atoms with van der Waals surface area (Å²) in [5.74, 6) is 0.662. The zero-order valence-electron chi connectivity index (χ0n) is 8.14. The lowest BCUT2D eigenvalue weighted by molar-refractivity contribution is 0.112. The van der Waals surface area contributed by atoms with Gasteiger partial charge in [-0.3, -0.25) is 4.79 Å². The first kappa shape index (κ1) is 10.7. The molecule has 3 heteroatoms. The molecule has 1 atom stereocenters. The topological polar surface area (TPSA) is 46.5 Å².